The molecule has 0 radical (unpaired) electrons. The monoisotopic (exact) mass is 368 g/mol. The maximum atomic E-state index is 4.98. The molecule has 1 atom stereocenters. The predicted molar refractivity (Wildman–Crippen MR) is 92.9 cm³/mol. The summed E-state index contributed by atoms with van der Waals surface area (Å²) in [5.74, 6) is 0.623. The van der Waals surface area contributed by atoms with Gasteiger partial charge in [0.25, 0.3) is 0 Å². The van der Waals surface area contributed by atoms with E-state index in [1.54, 1.807) is 11.1 Å². The maximum absolute atomic E-state index is 4.98. The second kappa shape index (κ2) is 9.17. The molecule has 0 N–H and O–H groups in total. The zero-order valence-electron chi connectivity index (χ0n) is 14.1. The van der Waals surface area contributed by atoms with Gasteiger partial charge < -0.3 is 4.98 Å². The van der Waals surface area contributed by atoms with E-state index < -0.39 is 26.0 Å². The molecule has 0 aliphatic heterocycles. The van der Waals surface area contributed by atoms with Crippen molar-refractivity contribution in [3.8, 4) is 0 Å². The van der Waals surface area contributed by atoms with Gasteiger partial charge in [0.05, 0.1) is 0 Å². The van der Waals surface area contributed by atoms with E-state index in [1.165, 1.54) is 11.1 Å². The molecule has 0 aromatic rings. The topological polar surface area (TPSA) is 14.1 Å². The molecule has 1 rings (SSSR count). The van der Waals surface area contributed by atoms with Crippen LogP contribution in [0.5, 0.6) is 0 Å². The third kappa shape index (κ3) is 6.37. The summed E-state index contributed by atoms with van der Waals surface area (Å²) < 4.78 is 0. The molecule has 5 heteroatoms. The van der Waals surface area contributed by atoms with Crippen LogP contribution < -0.4 is 0 Å². The second-order valence-corrected chi connectivity index (χ2v) is 11.5. The molecule has 0 saturated heterocycles. The Morgan fingerprint density at radius 3 is 1.90 bits per heavy atom. The van der Waals surface area contributed by atoms with Crippen molar-refractivity contribution in [2.24, 2.45) is 5.92 Å². The fraction of sp³-hybridized carbons (Fsp3) is 0.733. The number of hydrogen-bond acceptors (Lipinski definition) is 0. The van der Waals surface area contributed by atoms with Crippen molar-refractivity contribution in [2.45, 2.75) is 66.6 Å². The first-order chi connectivity index (χ1) is 9.07. The van der Waals surface area contributed by atoms with Gasteiger partial charge in [-0.3, -0.25) is 0 Å². The number of nitrogens with zero attached hydrogens (tertiary/aromatic N) is 1. The molecule has 20 heavy (non-hydrogen) atoms. The first-order valence-electron chi connectivity index (χ1n) is 7.13. The van der Waals surface area contributed by atoms with E-state index in [-0.39, 0.29) is 5.54 Å². The normalized spacial score (nSPS) is 19.4. The summed E-state index contributed by atoms with van der Waals surface area (Å²) in [6, 6.07) is 0. The molecule has 1 aliphatic rings. The van der Waals surface area contributed by atoms with Crippen LogP contribution in [0.2, 0.25) is 13.1 Å². The van der Waals surface area contributed by atoms with Gasteiger partial charge in [0, 0.05) is 0 Å². The Balaban J connectivity index is 0.00000110. The molecule has 0 spiro atoms. The van der Waals surface area contributed by atoms with Crippen molar-refractivity contribution in [1.29, 1.82) is 0 Å². The Kier molecular flexibility index (Phi) is 9.61. The minimum absolute atomic E-state index is 0.121. The van der Waals surface area contributed by atoms with Gasteiger partial charge in [-0.05, 0) is 44.3 Å². The van der Waals surface area contributed by atoms with E-state index in [0.29, 0.717) is 5.92 Å². The Hall–Kier alpha value is 0.951. The minimum atomic E-state index is -0.839. The zero-order chi connectivity index (χ0) is 16.1. The van der Waals surface area contributed by atoms with Crippen LogP contribution in [-0.4, -0.2) is 14.5 Å². The van der Waals surface area contributed by atoms with Crippen molar-refractivity contribution in [3.05, 3.63) is 27.3 Å². The van der Waals surface area contributed by atoms with Crippen LogP contribution in [0.1, 0.15) is 48.0 Å². The summed E-state index contributed by atoms with van der Waals surface area (Å²) >= 11 is -0.556. The van der Waals surface area contributed by atoms with Gasteiger partial charge in [-0.2, -0.15) is 0 Å². The standard InChI is InChI=1S/C15H28NSi.2ClH.Ti/c1-10-11(2)13(4)14(12(10)3)9-15(5,6)16-17(7)8;;;/h12,17H,9H2,1-8H3;2*1H;/q-1;;;+2/p-2. The van der Waals surface area contributed by atoms with E-state index in [2.05, 4.69) is 54.6 Å². The van der Waals surface area contributed by atoms with Crippen LogP contribution in [0, 0.1) is 5.92 Å². The molecule has 116 valence electrons. The third-order valence-electron chi connectivity index (χ3n) is 4.04. The van der Waals surface area contributed by atoms with Crippen LogP contribution in [0.3, 0.4) is 0 Å². The number of halogens is 2. The molecule has 0 aromatic heterocycles. The fourth-order valence-electron chi connectivity index (χ4n) is 2.94. The van der Waals surface area contributed by atoms with E-state index in [9.17, 15) is 0 Å². The Labute approximate surface area is 143 Å². The molecule has 0 saturated carbocycles. The van der Waals surface area contributed by atoms with Crippen molar-refractivity contribution in [2.75, 3.05) is 0 Å². The Morgan fingerprint density at radius 1 is 1.15 bits per heavy atom. The summed E-state index contributed by atoms with van der Waals surface area (Å²) in [5, 5.41) is 0. The molecule has 0 amide bonds. The summed E-state index contributed by atoms with van der Waals surface area (Å²) in [4.78, 5) is 4.98. The molecule has 1 unspecified atom stereocenters. The van der Waals surface area contributed by atoms with E-state index >= 15 is 0 Å². The number of hydrogen-bond donors (Lipinski definition) is 0. The van der Waals surface area contributed by atoms with E-state index in [1.807, 2.05) is 0 Å². The van der Waals surface area contributed by atoms with Gasteiger partial charge in [0.1, 0.15) is 0 Å². The zero-order valence-corrected chi connectivity index (χ0v) is 18.3. The predicted octanol–water partition coefficient (Wildman–Crippen LogP) is 6.19. The van der Waals surface area contributed by atoms with E-state index in [4.69, 9.17) is 23.6 Å². The van der Waals surface area contributed by atoms with Crippen molar-refractivity contribution in [1.82, 2.24) is 0 Å². The Bertz CT molecular complexity index is 389. The average Bonchev–Trinajstić information content (AvgIpc) is 2.46. The summed E-state index contributed by atoms with van der Waals surface area (Å²) in [5.41, 5.74) is 6.31. The summed E-state index contributed by atoms with van der Waals surface area (Å²) in [6.07, 6.45) is 1.12. The van der Waals surface area contributed by atoms with E-state index in [0.717, 1.165) is 6.42 Å². The molecule has 0 aromatic carbocycles. The van der Waals surface area contributed by atoms with Crippen LogP contribution in [-0.2, 0) is 17.0 Å². The Morgan fingerprint density at radius 2 is 1.60 bits per heavy atom. The number of rotatable bonds is 4. The van der Waals surface area contributed by atoms with Crippen molar-refractivity contribution in [3.63, 3.8) is 0 Å². The first kappa shape index (κ1) is 21.0. The molecular weight excluding hydrogens is 341 g/mol. The van der Waals surface area contributed by atoms with Crippen LogP contribution in [0.15, 0.2) is 22.3 Å². The quantitative estimate of drug-likeness (QED) is 0.525. The van der Waals surface area contributed by atoms with Gasteiger partial charge in [0.15, 0.2) is 0 Å². The van der Waals surface area contributed by atoms with Crippen LogP contribution >= 0.6 is 18.6 Å². The average molecular weight is 369 g/mol. The first-order valence-corrected chi connectivity index (χ1v) is 14.2. The molecule has 1 aliphatic carbocycles. The van der Waals surface area contributed by atoms with Crippen LogP contribution in [0.25, 0.3) is 4.98 Å². The summed E-state index contributed by atoms with van der Waals surface area (Å²) in [6.45, 7) is 18.3. The third-order valence-corrected chi connectivity index (χ3v) is 5.25. The van der Waals surface area contributed by atoms with Gasteiger partial charge >= 0.3 is 35.6 Å². The second-order valence-electron chi connectivity index (χ2n) is 6.46. The SMILES string of the molecule is CC1=C(C)C(C)C(CC(C)(C)[N-][SiH](C)C)=C1C.[Cl][Ti][Cl]. The number of allylic oxidation sites excluding steroid dienone is 3. The van der Waals surface area contributed by atoms with Gasteiger partial charge in [0.2, 0.25) is 0 Å². The summed E-state index contributed by atoms with van der Waals surface area (Å²) in [7, 11) is 8.94. The van der Waals surface area contributed by atoms with Gasteiger partial charge in [-0.15, -0.1) is 5.54 Å². The van der Waals surface area contributed by atoms with Gasteiger partial charge in [-0.25, -0.2) is 0 Å². The molecule has 0 heterocycles. The van der Waals surface area contributed by atoms with Crippen molar-refractivity contribution < 1.29 is 17.0 Å². The van der Waals surface area contributed by atoms with Gasteiger partial charge in [-0.1, -0.05) is 54.0 Å². The molecule has 0 bridgehead atoms. The van der Waals surface area contributed by atoms with Crippen LogP contribution in [0.4, 0.5) is 0 Å². The fourth-order valence-corrected chi connectivity index (χ4v) is 4.43. The van der Waals surface area contributed by atoms with Crippen molar-refractivity contribution >= 4 is 27.6 Å². The molecule has 1 nitrogen and oxygen atoms in total. The molecular formula is C15H28Cl2NSiTi-. The molecule has 0 fully saturated rings.